The number of aromatic amines is 2. The lowest BCUT2D eigenvalue weighted by molar-refractivity contribution is -0.118. The van der Waals surface area contributed by atoms with Gasteiger partial charge in [-0.25, -0.2) is 0 Å². The van der Waals surface area contributed by atoms with E-state index in [1.807, 2.05) is 13.0 Å². The van der Waals surface area contributed by atoms with Crippen LogP contribution in [0.25, 0.3) is 11.0 Å². The van der Waals surface area contributed by atoms with Gasteiger partial charge in [-0.1, -0.05) is 19.1 Å². The number of ether oxygens (including phenoxy) is 2. The highest BCUT2D eigenvalue weighted by Gasteiger charge is 2.09. The van der Waals surface area contributed by atoms with Gasteiger partial charge in [0.05, 0.1) is 17.6 Å². The van der Waals surface area contributed by atoms with E-state index in [1.165, 1.54) is 0 Å². The molecule has 0 saturated heterocycles. The molecule has 0 aliphatic rings. The number of carbonyl (C=O) groups excluding carboxylic acids is 1. The van der Waals surface area contributed by atoms with Crippen LogP contribution in [0.3, 0.4) is 0 Å². The Morgan fingerprint density at radius 1 is 0.963 bits per heavy atom. The molecular formula is C19H19N3O5. The predicted octanol–water partition coefficient (Wildman–Crippen LogP) is 2.02. The fourth-order valence-electron chi connectivity index (χ4n) is 2.43. The van der Waals surface area contributed by atoms with E-state index in [9.17, 15) is 14.4 Å². The first-order chi connectivity index (χ1) is 13.1. The zero-order valence-corrected chi connectivity index (χ0v) is 14.7. The summed E-state index contributed by atoms with van der Waals surface area (Å²) in [6.07, 6.45) is 0.865. The minimum atomic E-state index is -0.752. The molecule has 27 heavy (non-hydrogen) atoms. The van der Waals surface area contributed by atoms with Gasteiger partial charge in [0.25, 0.3) is 5.91 Å². The number of anilines is 1. The van der Waals surface area contributed by atoms with E-state index >= 15 is 0 Å². The summed E-state index contributed by atoms with van der Waals surface area (Å²) in [5.41, 5.74) is -0.128. The average Bonchev–Trinajstić information content (AvgIpc) is 2.66. The molecule has 0 unspecified atom stereocenters. The van der Waals surface area contributed by atoms with Crippen LogP contribution in [0.4, 0.5) is 5.69 Å². The highest BCUT2D eigenvalue weighted by Crippen LogP contribution is 2.26. The van der Waals surface area contributed by atoms with Gasteiger partial charge in [-0.05, 0) is 36.8 Å². The molecule has 0 fully saturated rings. The van der Waals surface area contributed by atoms with Crippen LogP contribution in [0.5, 0.6) is 11.5 Å². The molecule has 0 aliphatic carbocycles. The zero-order valence-electron chi connectivity index (χ0n) is 14.7. The molecule has 8 nitrogen and oxygen atoms in total. The minimum Gasteiger partial charge on any atom is -0.490 e. The monoisotopic (exact) mass is 369 g/mol. The third-order valence-electron chi connectivity index (χ3n) is 3.68. The second-order valence-electron chi connectivity index (χ2n) is 5.80. The van der Waals surface area contributed by atoms with Gasteiger partial charge >= 0.3 is 11.1 Å². The van der Waals surface area contributed by atoms with E-state index in [4.69, 9.17) is 9.47 Å². The lowest BCUT2D eigenvalue weighted by Crippen LogP contribution is -2.29. The second kappa shape index (κ2) is 8.22. The number of para-hydroxylation sites is 2. The highest BCUT2D eigenvalue weighted by atomic mass is 16.5. The number of aromatic nitrogens is 2. The van der Waals surface area contributed by atoms with Crippen LogP contribution < -0.4 is 25.9 Å². The van der Waals surface area contributed by atoms with E-state index < -0.39 is 11.1 Å². The number of hydrogen-bond acceptors (Lipinski definition) is 5. The van der Waals surface area contributed by atoms with E-state index in [-0.39, 0.29) is 12.5 Å². The van der Waals surface area contributed by atoms with Crippen molar-refractivity contribution in [2.45, 2.75) is 13.3 Å². The Kier molecular flexibility index (Phi) is 5.55. The summed E-state index contributed by atoms with van der Waals surface area (Å²) in [7, 11) is 0. The molecule has 8 heteroatoms. The molecule has 0 atom stereocenters. The van der Waals surface area contributed by atoms with E-state index in [0.717, 1.165) is 6.42 Å². The van der Waals surface area contributed by atoms with E-state index in [1.54, 1.807) is 36.4 Å². The van der Waals surface area contributed by atoms with Crippen LogP contribution in [0.1, 0.15) is 13.3 Å². The summed E-state index contributed by atoms with van der Waals surface area (Å²) >= 11 is 0. The van der Waals surface area contributed by atoms with Crippen molar-refractivity contribution in [3.8, 4) is 11.5 Å². The number of nitrogens with one attached hydrogen (secondary N) is 3. The van der Waals surface area contributed by atoms with Crippen molar-refractivity contribution >= 4 is 22.6 Å². The Bertz CT molecular complexity index is 1070. The minimum absolute atomic E-state index is 0.202. The molecule has 0 aliphatic heterocycles. The molecule has 0 radical (unpaired) electrons. The van der Waals surface area contributed by atoms with Gasteiger partial charge in [0, 0.05) is 5.69 Å². The largest absolute Gasteiger partial charge is 0.490 e. The standard InChI is InChI=1S/C19H19N3O5/c1-2-9-26-15-5-3-4-6-16(15)27-11-17(23)20-12-7-8-13-14(10-12)22-19(25)18(24)21-13/h3-8,10H,2,9,11H2,1H3,(H,20,23)(H,21,24)(H,22,25). The molecule has 1 amide bonds. The first-order valence-corrected chi connectivity index (χ1v) is 8.47. The summed E-state index contributed by atoms with van der Waals surface area (Å²) < 4.78 is 11.1. The van der Waals surface area contributed by atoms with Crippen LogP contribution in [-0.2, 0) is 4.79 Å². The Labute approximate surface area is 154 Å². The fraction of sp³-hybridized carbons (Fsp3) is 0.211. The smallest absolute Gasteiger partial charge is 0.314 e. The summed E-state index contributed by atoms with van der Waals surface area (Å²) in [6.45, 7) is 2.36. The number of amides is 1. The van der Waals surface area contributed by atoms with Crippen LogP contribution in [0, 0.1) is 0 Å². The van der Waals surface area contributed by atoms with Crippen molar-refractivity contribution in [2.24, 2.45) is 0 Å². The maximum Gasteiger partial charge on any atom is 0.314 e. The molecule has 1 heterocycles. The maximum absolute atomic E-state index is 12.2. The lowest BCUT2D eigenvalue weighted by Gasteiger charge is -2.12. The van der Waals surface area contributed by atoms with Gasteiger partial charge < -0.3 is 24.8 Å². The SMILES string of the molecule is CCCOc1ccccc1OCC(=O)Nc1ccc2[nH]c(=O)c(=O)[nH]c2c1. The molecule has 0 bridgehead atoms. The highest BCUT2D eigenvalue weighted by molar-refractivity contribution is 5.93. The van der Waals surface area contributed by atoms with Gasteiger partial charge in [-0.2, -0.15) is 0 Å². The molecule has 2 aromatic carbocycles. The third-order valence-corrected chi connectivity index (χ3v) is 3.68. The summed E-state index contributed by atoms with van der Waals surface area (Å²) in [4.78, 5) is 39.8. The fourth-order valence-corrected chi connectivity index (χ4v) is 2.43. The Hall–Kier alpha value is -3.55. The van der Waals surface area contributed by atoms with Gasteiger partial charge in [0.15, 0.2) is 18.1 Å². The molecular weight excluding hydrogens is 350 g/mol. The van der Waals surface area contributed by atoms with Crippen molar-refractivity contribution in [1.29, 1.82) is 0 Å². The lowest BCUT2D eigenvalue weighted by atomic mass is 10.2. The van der Waals surface area contributed by atoms with Crippen LogP contribution in [-0.4, -0.2) is 29.1 Å². The first-order valence-electron chi connectivity index (χ1n) is 8.47. The predicted molar refractivity (Wildman–Crippen MR) is 102 cm³/mol. The van der Waals surface area contributed by atoms with Crippen LogP contribution in [0.2, 0.25) is 0 Å². The number of benzene rings is 2. The summed E-state index contributed by atoms with van der Waals surface area (Å²) in [6, 6.07) is 11.9. The number of carbonyl (C=O) groups is 1. The topological polar surface area (TPSA) is 113 Å². The number of H-pyrrole nitrogens is 2. The van der Waals surface area contributed by atoms with Crippen LogP contribution >= 0.6 is 0 Å². The second-order valence-corrected chi connectivity index (χ2v) is 5.80. The van der Waals surface area contributed by atoms with E-state index in [2.05, 4.69) is 15.3 Å². The molecule has 3 aromatic rings. The molecule has 140 valence electrons. The van der Waals surface area contributed by atoms with Crippen molar-refractivity contribution < 1.29 is 14.3 Å². The van der Waals surface area contributed by atoms with Gasteiger partial charge in [0.1, 0.15) is 0 Å². The van der Waals surface area contributed by atoms with Gasteiger partial charge in [0.2, 0.25) is 0 Å². The number of fused-ring (bicyclic) bond motifs is 1. The van der Waals surface area contributed by atoms with E-state index in [0.29, 0.717) is 34.8 Å². The van der Waals surface area contributed by atoms with Crippen molar-refractivity contribution in [3.63, 3.8) is 0 Å². The molecule has 3 N–H and O–H groups in total. The normalized spacial score (nSPS) is 10.6. The van der Waals surface area contributed by atoms with Crippen LogP contribution in [0.15, 0.2) is 52.1 Å². The number of hydrogen-bond donors (Lipinski definition) is 3. The van der Waals surface area contributed by atoms with Crippen molar-refractivity contribution in [1.82, 2.24) is 9.97 Å². The Morgan fingerprint density at radius 3 is 2.33 bits per heavy atom. The zero-order chi connectivity index (χ0) is 19.2. The summed E-state index contributed by atoms with van der Waals surface area (Å²) in [5, 5.41) is 2.68. The average molecular weight is 369 g/mol. The first kappa shape index (κ1) is 18.2. The molecule has 3 rings (SSSR count). The molecule has 0 saturated carbocycles. The van der Waals surface area contributed by atoms with Gasteiger partial charge in [-0.15, -0.1) is 0 Å². The van der Waals surface area contributed by atoms with Gasteiger partial charge in [-0.3, -0.25) is 14.4 Å². The van der Waals surface area contributed by atoms with Crippen molar-refractivity contribution in [2.75, 3.05) is 18.5 Å². The molecule has 0 spiro atoms. The summed E-state index contributed by atoms with van der Waals surface area (Å²) in [5.74, 6) is 0.701. The quantitative estimate of drug-likeness (QED) is 0.552. The van der Waals surface area contributed by atoms with Crippen molar-refractivity contribution in [3.05, 3.63) is 63.2 Å². The molecule has 1 aromatic heterocycles. The Balaban J connectivity index is 1.66. The Morgan fingerprint density at radius 2 is 1.63 bits per heavy atom. The third kappa shape index (κ3) is 4.55. The maximum atomic E-state index is 12.2. The number of rotatable bonds is 7.